The maximum atomic E-state index is 10.2. The Hall–Kier alpha value is -2.08. The molecule has 0 bridgehead atoms. The largest absolute Gasteiger partial charge is 0.497 e. The molecule has 0 spiro atoms. The predicted molar refractivity (Wildman–Crippen MR) is 108 cm³/mol. The fraction of sp³-hybridized carbons (Fsp3) is 0.455. The lowest BCUT2D eigenvalue weighted by Crippen LogP contribution is -2.37. The summed E-state index contributed by atoms with van der Waals surface area (Å²) in [6.45, 7) is 7.72. The van der Waals surface area contributed by atoms with Gasteiger partial charge in [0.25, 0.3) is 0 Å². The normalized spacial score (nSPS) is 14.7. The molecular weight excluding hydrogens is 342 g/mol. The average molecular weight is 373 g/mol. The number of methoxy groups -OCH3 is 2. The Labute approximate surface area is 162 Å². The Morgan fingerprint density at radius 2 is 1.26 bits per heavy atom. The van der Waals surface area contributed by atoms with Crippen molar-refractivity contribution < 1.29 is 19.3 Å². The summed E-state index contributed by atoms with van der Waals surface area (Å²) in [6.07, 6.45) is -1.36. The minimum absolute atomic E-state index is 0.124. The molecular formula is C22H31NO4. The van der Waals surface area contributed by atoms with Crippen LogP contribution in [0.15, 0.2) is 36.4 Å². The first kappa shape index (κ1) is 21.2. The van der Waals surface area contributed by atoms with E-state index in [2.05, 4.69) is 12.1 Å². The van der Waals surface area contributed by atoms with E-state index in [0.29, 0.717) is 0 Å². The molecule has 5 nitrogen and oxygen atoms in total. The van der Waals surface area contributed by atoms with Gasteiger partial charge in [0.05, 0.1) is 26.4 Å². The number of rotatable bonds is 8. The molecule has 0 saturated heterocycles. The molecule has 2 rings (SSSR count). The van der Waals surface area contributed by atoms with E-state index < -0.39 is 12.3 Å². The van der Waals surface area contributed by atoms with Crippen LogP contribution < -0.4 is 15.2 Å². The number of hydrogen-bond acceptors (Lipinski definition) is 5. The van der Waals surface area contributed by atoms with Crippen LogP contribution >= 0.6 is 0 Å². The lowest BCUT2D eigenvalue weighted by molar-refractivity contribution is -0.143. The van der Waals surface area contributed by atoms with Gasteiger partial charge in [-0.2, -0.15) is 0 Å². The lowest BCUT2D eigenvalue weighted by Gasteiger charge is -2.29. The van der Waals surface area contributed by atoms with Gasteiger partial charge in [-0.3, -0.25) is 0 Å². The molecule has 3 N–H and O–H groups in total. The summed E-state index contributed by atoms with van der Waals surface area (Å²) in [5.41, 5.74) is 10.1. The maximum absolute atomic E-state index is 10.2. The second-order valence-corrected chi connectivity index (χ2v) is 7.14. The third-order valence-corrected chi connectivity index (χ3v) is 4.61. The zero-order valence-electron chi connectivity index (χ0n) is 17.0. The molecule has 2 aromatic rings. The second kappa shape index (κ2) is 9.22. The summed E-state index contributed by atoms with van der Waals surface area (Å²) in [7, 11) is 3.31. The number of aliphatic hydroxyl groups excluding tert-OH is 1. The molecule has 0 aliphatic rings. The molecule has 0 heterocycles. The van der Waals surface area contributed by atoms with Gasteiger partial charge in [-0.05, 0) is 74.2 Å². The first-order valence-corrected chi connectivity index (χ1v) is 9.15. The molecule has 27 heavy (non-hydrogen) atoms. The number of benzene rings is 2. The predicted octanol–water partition coefficient (Wildman–Crippen LogP) is 3.52. The van der Waals surface area contributed by atoms with Gasteiger partial charge < -0.3 is 25.1 Å². The molecule has 0 saturated carbocycles. The molecule has 2 aromatic carbocycles. The van der Waals surface area contributed by atoms with Crippen molar-refractivity contribution in [2.24, 2.45) is 5.73 Å². The highest BCUT2D eigenvalue weighted by Crippen LogP contribution is 2.35. The Morgan fingerprint density at radius 1 is 0.815 bits per heavy atom. The van der Waals surface area contributed by atoms with Crippen molar-refractivity contribution in [3.8, 4) is 11.5 Å². The van der Waals surface area contributed by atoms with Gasteiger partial charge in [-0.1, -0.05) is 12.1 Å². The van der Waals surface area contributed by atoms with E-state index in [-0.39, 0.29) is 12.0 Å². The van der Waals surface area contributed by atoms with E-state index in [4.69, 9.17) is 19.9 Å². The summed E-state index contributed by atoms with van der Waals surface area (Å²) in [6, 6.07) is 11.7. The molecule has 5 heteroatoms. The summed E-state index contributed by atoms with van der Waals surface area (Å²) < 4.78 is 16.8. The molecule has 0 aromatic heterocycles. The van der Waals surface area contributed by atoms with Crippen LogP contribution in [0.5, 0.6) is 11.5 Å². The van der Waals surface area contributed by atoms with Crippen LogP contribution in [0, 0.1) is 13.8 Å². The molecule has 0 fully saturated rings. The fourth-order valence-electron chi connectivity index (χ4n) is 3.30. The van der Waals surface area contributed by atoms with Gasteiger partial charge in [-0.25, -0.2) is 0 Å². The highest BCUT2D eigenvalue weighted by atomic mass is 16.6. The Bertz CT molecular complexity index is 706. The number of aryl methyl sites for hydroxylation is 2. The Morgan fingerprint density at radius 3 is 1.63 bits per heavy atom. The summed E-state index contributed by atoms with van der Waals surface area (Å²) >= 11 is 0. The molecule has 3 atom stereocenters. The zero-order chi connectivity index (χ0) is 20.1. The van der Waals surface area contributed by atoms with Crippen LogP contribution in [0.4, 0.5) is 0 Å². The van der Waals surface area contributed by atoms with Crippen molar-refractivity contribution in [1.82, 2.24) is 0 Å². The highest BCUT2D eigenvalue weighted by Gasteiger charge is 2.27. The first-order valence-electron chi connectivity index (χ1n) is 9.15. The van der Waals surface area contributed by atoms with E-state index >= 15 is 0 Å². The standard InChI is InChI=1S/C22H31NO4/c1-13-7-17(11-19(9-13)25-5)21(16(4)27-22(24)15(3)23)18-8-14(2)10-20(12-18)26-6/h7-12,15-16,21-22,24H,23H2,1-6H3/t15-,16-,22?/m0/s1. The molecule has 0 aliphatic heterocycles. The van der Waals surface area contributed by atoms with E-state index in [1.54, 1.807) is 21.1 Å². The van der Waals surface area contributed by atoms with Gasteiger partial charge in [0.2, 0.25) is 0 Å². The van der Waals surface area contributed by atoms with Crippen LogP contribution in [-0.4, -0.2) is 37.8 Å². The quantitative estimate of drug-likeness (QED) is 0.693. The molecule has 0 amide bonds. The van der Waals surface area contributed by atoms with Gasteiger partial charge in [0.15, 0.2) is 6.29 Å². The number of hydrogen-bond donors (Lipinski definition) is 2. The number of aliphatic hydroxyl groups is 1. The monoisotopic (exact) mass is 373 g/mol. The van der Waals surface area contributed by atoms with Crippen molar-refractivity contribution in [2.45, 2.75) is 52.0 Å². The van der Waals surface area contributed by atoms with Crippen molar-refractivity contribution in [1.29, 1.82) is 0 Å². The van der Waals surface area contributed by atoms with E-state index in [0.717, 1.165) is 33.8 Å². The zero-order valence-corrected chi connectivity index (χ0v) is 17.0. The minimum atomic E-state index is -1.04. The van der Waals surface area contributed by atoms with Gasteiger partial charge in [0.1, 0.15) is 11.5 Å². The van der Waals surface area contributed by atoms with Crippen LogP contribution in [0.2, 0.25) is 0 Å². The Balaban J connectivity index is 2.55. The van der Waals surface area contributed by atoms with Crippen molar-refractivity contribution in [2.75, 3.05) is 14.2 Å². The second-order valence-electron chi connectivity index (χ2n) is 7.14. The first-order chi connectivity index (χ1) is 12.7. The van der Waals surface area contributed by atoms with Crippen molar-refractivity contribution in [3.63, 3.8) is 0 Å². The topological polar surface area (TPSA) is 73.9 Å². The number of ether oxygens (including phenoxy) is 3. The minimum Gasteiger partial charge on any atom is -0.497 e. The van der Waals surface area contributed by atoms with Gasteiger partial charge >= 0.3 is 0 Å². The van der Waals surface area contributed by atoms with Crippen molar-refractivity contribution >= 4 is 0 Å². The number of nitrogens with two attached hydrogens (primary N) is 1. The fourth-order valence-corrected chi connectivity index (χ4v) is 3.30. The highest BCUT2D eigenvalue weighted by molar-refractivity contribution is 5.44. The summed E-state index contributed by atoms with van der Waals surface area (Å²) in [5, 5.41) is 10.2. The lowest BCUT2D eigenvalue weighted by atomic mass is 9.85. The van der Waals surface area contributed by atoms with E-state index in [1.165, 1.54) is 0 Å². The van der Waals surface area contributed by atoms with Crippen LogP contribution in [-0.2, 0) is 4.74 Å². The summed E-state index contributed by atoms with van der Waals surface area (Å²) in [5.74, 6) is 1.45. The van der Waals surface area contributed by atoms with Crippen LogP contribution in [0.1, 0.15) is 42.0 Å². The van der Waals surface area contributed by atoms with Crippen molar-refractivity contribution in [3.05, 3.63) is 58.7 Å². The van der Waals surface area contributed by atoms with Gasteiger partial charge in [-0.15, -0.1) is 0 Å². The molecule has 0 radical (unpaired) electrons. The Kier molecular flexibility index (Phi) is 7.25. The average Bonchev–Trinajstić information content (AvgIpc) is 2.60. The summed E-state index contributed by atoms with van der Waals surface area (Å²) in [4.78, 5) is 0. The SMILES string of the molecule is COc1cc(C)cc(C(c2cc(C)cc(OC)c2)[C@H](C)OC(O)[C@H](C)N)c1. The molecule has 148 valence electrons. The van der Waals surface area contributed by atoms with E-state index in [1.807, 2.05) is 45.0 Å². The third kappa shape index (κ3) is 5.45. The van der Waals surface area contributed by atoms with E-state index in [9.17, 15) is 5.11 Å². The molecule has 0 aliphatic carbocycles. The van der Waals surface area contributed by atoms with Crippen LogP contribution in [0.25, 0.3) is 0 Å². The van der Waals surface area contributed by atoms with Crippen LogP contribution in [0.3, 0.4) is 0 Å². The smallest absolute Gasteiger partial charge is 0.169 e. The maximum Gasteiger partial charge on any atom is 0.169 e. The molecule has 1 unspecified atom stereocenters. The van der Waals surface area contributed by atoms with Gasteiger partial charge in [0, 0.05) is 5.92 Å². The third-order valence-electron chi connectivity index (χ3n) is 4.61.